The molecule has 0 spiro atoms. The van der Waals surface area contributed by atoms with Crippen molar-refractivity contribution in [2.24, 2.45) is 0 Å². The molecule has 9 nitrogen and oxygen atoms in total. The number of rotatable bonds is 8. The molecule has 5 atom stereocenters. The number of benzene rings is 1. The summed E-state index contributed by atoms with van der Waals surface area (Å²) in [7, 11) is 0. The van der Waals surface area contributed by atoms with Crippen molar-refractivity contribution in [1.82, 2.24) is 19.5 Å². The largest absolute Gasteiger partial charge is 0.394 e. The minimum atomic E-state index is -1.20. The normalized spacial score (nSPS) is 24.9. The third-order valence-electron chi connectivity index (χ3n) is 5.45. The third-order valence-corrected chi connectivity index (χ3v) is 5.45. The average molecular weight is 413 g/mol. The Kier molecular flexibility index (Phi) is 6.24. The highest BCUT2D eigenvalue weighted by Crippen LogP contribution is 2.32. The number of anilines is 1. The van der Waals surface area contributed by atoms with E-state index >= 15 is 0 Å². The second kappa shape index (κ2) is 9.05. The lowest BCUT2D eigenvalue weighted by molar-refractivity contribution is -0.0511. The maximum absolute atomic E-state index is 10.3. The molecule has 4 N–H and O–H groups in total. The summed E-state index contributed by atoms with van der Waals surface area (Å²) in [5.41, 5.74) is 2.28. The van der Waals surface area contributed by atoms with Crippen LogP contribution in [0.15, 0.2) is 43.0 Å². The standard InChI is InChI=1S/C21H27N5O4/c1-2-6-14(9-13-7-4-3-5-8-13)25-19-16-20(23-11-22-19)26(12-24-16)21-18(29)17(28)15(10-27)30-21/h3-5,7-8,11-12,14-15,17-18,21,27-29H,2,6,9-10H2,1H3,(H,22,23,25)/t14-,15-,17-,18-,21-/m1/s1. The monoisotopic (exact) mass is 413 g/mol. The van der Waals surface area contributed by atoms with Crippen molar-refractivity contribution in [2.75, 3.05) is 11.9 Å². The molecule has 1 fully saturated rings. The summed E-state index contributed by atoms with van der Waals surface area (Å²) in [5.74, 6) is 0.611. The van der Waals surface area contributed by atoms with E-state index in [9.17, 15) is 15.3 Å². The number of hydrogen-bond acceptors (Lipinski definition) is 8. The minimum absolute atomic E-state index is 0.176. The van der Waals surface area contributed by atoms with Gasteiger partial charge in [0.05, 0.1) is 12.9 Å². The second-order valence-electron chi connectivity index (χ2n) is 7.59. The topological polar surface area (TPSA) is 126 Å². The van der Waals surface area contributed by atoms with Crippen LogP contribution in [-0.2, 0) is 11.2 Å². The van der Waals surface area contributed by atoms with E-state index in [2.05, 4.69) is 39.3 Å². The molecule has 2 aromatic heterocycles. The Morgan fingerprint density at radius 1 is 1.13 bits per heavy atom. The molecule has 4 rings (SSSR count). The van der Waals surface area contributed by atoms with E-state index in [0.29, 0.717) is 17.0 Å². The first-order valence-corrected chi connectivity index (χ1v) is 10.2. The summed E-state index contributed by atoms with van der Waals surface area (Å²) in [5, 5.41) is 33.2. The van der Waals surface area contributed by atoms with Crippen molar-refractivity contribution in [3.8, 4) is 0 Å². The van der Waals surface area contributed by atoms with Gasteiger partial charge in [-0.3, -0.25) is 4.57 Å². The van der Waals surface area contributed by atoms with Crippen molar-refractivity contribution in [2.45, 2.75) is 56.8 Å². The summed E-state index contributed by atoms with van der Waals surface area (Å²) < 4.78 is 7.19. The Morgan fingerprint density at radius 3 is 2.63 bits per heavy atom. The highest BCUT2D eigenvalue weighted by Gasteiger charge is 2.44. The van der Waals surface area contributed by atoms with E-state index < -0.39 is 24.5 Å². The van der Waals surface area contributed by atoms with Gasteiger partial charge in [0.25, 0.3) is 0 Å². The molecular formula is C21H27N5O4. The van der Waals surface area contributed by atoms with Gasteiger partial charge in [0.1, 0.15) is 24.6 Å². The molecule has 30 heavy (non-hydrogen) atoms. The van der Waals surface area contributed by atoms with Crippen LogP contribution in [0.4, 0.5) is 5.82 Å². The van der Waals surface area contributed by atoms with E-state index in [1.807, 2.05) is 18.2 Å². The zero-order chi connectivity index (χ0) is 21.1. The van der Waals surface area contributed by atoms with Gasteiger partial charge in [-0.25, -0.2) is 15.0 Å². The number of nitrogens with zero attached hydrogens (tertiary/aromatic N) is 4. The zero-order valence-corrected chi connectivity index (χ0v) is 16.8. The molecule has 160 valence electrons. The summed E-state index contributed by atoms with van der Waals surface area (Å²) in [6.07, 6.45) is 1.67. The van der Waals surface area contributed by atoms with Crippen molar-refractivity contribution < 1.29 is 20.1 Å². The van der Waals surface area contributed by atoms with Gasteiger partial charge in [0, 0.05) is 6.04 Å². The Bertz CT molecular complexity index is 966. The quantitative estimate of drug-likeness (QED) is 0.435. The molecule has 3 heterocycles. The van der Waals surface area contributed by atoms with Gasteiger partial charge in [-0.2, -0.15) is 0 Å². The maximum atomic E-state index is 10.3. The summed E-state index contributed by atoms with van der Waals surface area (Å²) >= 11 is 0. The fraction of sp³-hybridized carbons (Fsp3) is 0.476. The fourth-order valence-corrected chi connectivity index (χ4v) is 3.92. The highest BCUT2D eigenvalue weighted by atomic mass is 16.6. The zero-order valence-electron chi connectivity index (χ0n) is 16.8. The molecule has 3 aromatic rings. The second-order valence-corrected chi connectivity index (χ2v) is 7.59. The van der Waals surface area contributed by atoms with Gasteiger partial charge in [-0.15, -0.1) is 0 Å². The van der Waals surface area contributed by atoms with Crippen LogP contribution in [0.2, 0.25) is 0 Å². The number of aliphatic hydroxyl groups is 3. The first-order valence-electron chi connectivity index (χ1n) is 10.2. The van der Waals surface area contributed by atoms with Gasteiger partial charge in [0.2, 0.25) is 0 Å². The van der Waals surface area contributed by atoms with Gasteiger partial charge in [-0.1, -0.05) is 43.7 Å². The number of ether oxygens (including phenoxy) is 1. The summed E-state index contributed by atoms with van der Waals surface area (Å²) in [4.78, 5) is 13.1. The number of hydrogen-bond donors (Lipinski definition) is 4. The van der Waals surface area contributed by atoms with Crippen molar-refractivity contribution in [3.63, 3.8) is 0 Å². The first kappa shape index (κ1) is 20.7. The van der Waals surface area contributed by atoms with Crippen LogP contribution in [-0.4, -0.2) is 65.8 Å². The molecule has 1 saturated heterocycles. The molecule has 0 saturated carbocycles. The predicted octanol–water partition coefficient (Wildman–Crippen LogP) is 1.26. The number of aromatic nitrogens is 4. The molecule has 0 bridgehead atoms. The number of nitrogens with one attached hydrogen (secondary N) is 1. The smallest absolute Gasteiger partial charge is 0.167 e. The predicted molar refractivity (Wildman–Crippen MR) is 111 cm³/mol. The molecule has 9 heteroatoms. The van der Waals surface area contributed by atoms with Crippen molar-refractivity contribution in [3.05, 3.63) is 48.5 Å². The van der Waals surface area contributed by atoms with Crippen molar-refractivity contribution >= 4 is 17.0 Å². The number of fused-ring (bicyclic) bond motifs is 1. The lowest BCUT2D eigenvalue weighted by Gasteiger charge is -2.19. The molecule has 0 radical (unpaired) electrons. The molecular weight excluding hydrogens is 386 g/mol. The van der Waals surface area contributed by atoms with Crippen molar-refractivity contribution in [1.29, 1.82) is 0 Å². The van der Waals surface area contributed by atoms with Crippen LogP contribution in [0.3, 0.4) is 0 Å². The van der Waals surface area contributed by atoms with Crippen LogP contribution in [0.25, 0.3) is 11.2 Å². The van der Waals surface area contributed by atoms with Gasteiger partial charge in [-0.05, 0) is 18.4 Å². The lowest BCUT2D eigenvalue weighted by atomic mass is 10.0. The first-order chi connectivity index (χ1) is 14.6. The van der Waals surface area contributed by atoms with E-state index in [1.165, 1.54) is 18.2 Å². The highest BCUT2D eigenvalue weighted by molar-refractivity contribution is 5.82. The van der Waals surface area contributed by atoms with Crippen LogP contribution >= 0.6 is 0 Å². The SMILES string of the molecule is CCC[C@H](Cc1ccccc1)Nc1ncnc2c1ncn2[C@@H]1O[C@H](CO)[C@@H](O)[C@H]1O. The van der Waals surface area contributed by atoms with Gasteiger partial charge < -0.3 is 25.4 Å². The third kappa shape index (κ3) is 4.01. The van der Waals surface area contributed by atoms with Crippen LogP contribution in [0.5, 0.6) is 0 Å². The van der Waals surface area contributed by atoms with E-state index in [-0.39, 0.29) is 12.6 Å². The van der Waals surface area contributed by atoms with Crippen LogP contribution in [0, 0.1) is 0 Å². The van der Waals surface area contributed by atoms with E-state index in [4.69, 9.17) is 4.74 Å². The molecule has 1 aliphatic rings. The molecule has 0 aliphatic carbocycles. The number of imidazole rings is 1. The van der Waals surface area contributed by atoms with Crippen LogP contribution < -0.4 is 5.32 Å². The number of aliphatic hydroxyl groups excluding tert-OH is 3. The summed E-state index contributed by atoms with van der Waals surface area (Å²) in [6.45, 7) is 1.76. The lowest BCUT2D eigenvalue weighted by Crippen LogP contribution is -2.33. The van der Waals surface area contributed by atoms with E-state index in [0.717, 1.165) is 19.3 Å². The molecule has 1 aromatic carbocycles. The molecule has 0 amide bonds. The summed E-state index contributed by atoms with van der Waals surface area (Å²) in [6, 6.07) is 10.5. The van der Waals surface area contributed by atoms with Gasteiger partial charge >= 0.3 is 0 Å². The Morgan fingerprint density at radius 2 is 1.93 bits per heavy atom. The average Bonchev–Trinajstić information content (AvgIpc) is 3.31. The maximum Gasteiger partial charge on any atom is 0.167 e. The van der Waals surface area contributed by atoms with Crippen LogP contribution in [0.1, 0.15) is 31.6 Å². The van der Waals surface area contributed by atoms with Gasteiger partial charge in [0.15, 0.2) is 23.2 Å². The fourth-order valence-electron chi connectivity index (χ4n) is 3.92. The Labute approximate surface area is 174 Å². The Hall–Kier alpha value is -2.59. The molecule has 1 aliphatic heterocycles. The minimum Gasteiger partial charge on any atom is -0.394 e. The molecule has 0 unspecified atom stereocenters. The van der Waals surface area contributed by atoms with E-state index in [1.54, 1.807) is 4.57 Å². The Balaban J connectivity index is 1.60.